The molecule has 0 bridgehead atoms. The molecule has 0 aromatic rings. The third-order valence-corrected chi connectivity index (χ3v) is 4.71. The lowest BCUT2D eigenvalue weighted by Gasteiger charge is -2.16. The van der Waals surface area contributed by atoms with Crippen molar-refractivity contribution in [3.8, 4) is 0 Å². The Labute approximate surface area is 86.0 Å². The van der Waals surface area contributed by atoms with Crippen molar-refractivity contribution in [1.82, 2.24) is 5.32 Å². The minimum absolute atomic E-state index is 0.817. The summed E-state index contributed by atoms with van der Waals surface area (Å²) in [6, 6.07) is 1.70. The summed E-state index contributed by atoms with van der Waals surface area (Å²) in [5, 5.41) is 4.67. The van der Waals surface area contributed by atoms with Gasteiger partial charge < -0.3 is 5.32 Å². The average molecular weight is 199 g/mol. The van der Waals surface area contributed by atoms with E-state index in [0.717, 1.165) is 23.3 Å². The van der Waals surface area contributed by atoms with Gasteiger partial charge >= 0.3 is 0 Å². The van der Waals surface area contributed by atoms with Gasteiger partial charge in [0.1, 0.15) is 0 Å². The van der Waals surface area contributed by atoms with Crippen LogP contribution in [-0.4, -0.2) is 23.1 Å². The van der Waals surface area contributed by atoms with E-state index >= 15 is 0 Å². The molecular weight excluding hydrogens is 178 g/mol. The molecule has 76 valence electrons. The summed E-state index contributed by atoms with van der Waals surface area (Å²) < 4.78 is 0. The van der Waals surface area contributed by atoms with E-state index in [-0.39, 0.29) is 0 Å². The predicted octanol–water partition coefficient (Wildman–Crippen LogP) is 2.66. The highest BCUT2D eigenvalue weighted by Gasteiger charge is 2.38. The van der Waals surface area contributed by atoms with Gasteiger partial charge in [0.25, 0.3) is 0 Å². The molecule has 1 saturated carbocycles. The van der Waals surface area contributed by atoms with Crippen molar-refractivity contribution < 1.29 is 0 Å². The Kier molecular flexibility index (Phi) is 3.20. The zero-order valence-corrected chi connectivity index (χ0v) is 9.57. The lowest BCUT2D eigenvalue weighted by atomic mass is 10.1. The quantitative estimate of drug-likeness (QED) is 0.747. The summed E-state index contributed by atoms with van der Waals surface area (Å²) in [6.07, 6.45) is 5.63. The molecule has 1 saturated heterocycles. The molecule has 2 rings (SSSR count). The second kappa shape index (κ2) is 4.22. The van der Waals surface area contributed by atoms with E-state index in [4.69, 9.17) is 0 Å². The van der Waals surface area contributed by atoms with Gasteiger partial charge in [-0.05, 0) is 30.9 Å². The van der Waals surface area contributed by atoms with E-state index in [0.29, 0.717) is 0 Å². The molecule has 13 heavy (non-hydrogen) atoms. The van der Waals surface area contributed by atoms with E-state index in [2.05, 4.69) is 30.9 Å². The smallest absolute Gasteiger partial charge is 0.0194 e. The van der Waals surface area contributed by atoms with Crippen LogP contribution in [0.25, 0.3) is 0 Å². The second-order valence-electron chi connectivity index (χ2n) is 4.53. The molecule has 0 aromatic carbocycles. The van der Waals surface area contributed by atoms with Crippen LogP contribution in [0.4, 0.5) is 0 Å². The van der Waals surface area contributed by atoms with E-state index < -0.39 is 0 Å². The lowest BCUT2D eigenvalue weighted by molar-refractivity contribution is 0.485. The Hall–Kier alpha value is 0.310. The van der Waals surface area contributed by atoms with Crippen molar-refractivity contribution in [1.29, 1.82) is 0 Å². The van der Waals surface area contributed by atoms with Crippen molar-refractivity contribution in [3.63, 3.8) is 0 Å². The number of thioether (sulfide) groups is 1. The summed E-state index contributed by atoms with van der Waals surface area (Å²) in [6.45, 7) is 4.66. The Morgan fingerprint density at radius 1 is 1.38 bits per heavy atom. The van der Waals surface area contributed by atoms with Crippen LogP contribution in [0, 0.1) is 5.92 Å². The fourth-order valence-corrected chi connectivity index (χ4v) is 3.58. The standard InChI is InChI=1S/C11H21NS/c1-3-4-9-7-11(9)12-10-5-6-13-8(10)2/h8-12H,3-7H2,1-2H3. The van der Waals surface area contributed by atoms with Crippen LogP contribution in [0.15, 0.2) is 0 Å². The number of hydrogen-bond donors (Lipinski definition) is 1. The van der Waals surface area contributed by atoms with Crippen LogP contribution >= 0.6 is 11.8 Å². The molecule has 1 heterocycles. The Morgan fingerprint density at radius 3 is 2.85 bits per heavy atom. The maximum atomic E-state index is 3.82. The van der Waals surface area contributed by atoms with Crippen LogP contribution in [0.5, 0.6) is 0 Å². The molecule has 0 spiro atoms. The fraction of sp³-hybridized carbons (Fsp3) is 1.00. The molecule has 0 amide bonds. The van der Waals surface area contributed by atoms with Gasteiger partial charge in [0.15, 0.2) is 0 Å². The number of rotatable bonds is 4. The normalized spacial score (nSPS) is 43.8. The van der Waals surface area contributed by atoms with Crippen molar-refractivity contribution in [3.05, 3.63) is 0 Å². The molecule has 2 heteroatoms. The van der Waals surface area contributed by atoms with Gasteiger partial charge in [0, 0.05) is 17.3 Å². The summed E-state index contributed by atoms with van der Waals surface area (Å²) >= 11 is 2.13. The van der Waals surface area contributed by atoms with Crippen molar-refractivity contribution in [2.45, 2.75) is 56.9 Å². The van der Waals surface area contributed by atoms with E-state index in [1.54, 1.807) is 0 Å². The first-order valence-corrected chi connectivity index (χ1v) is 6.73. The fourth-order valence-electron chi connectivity index (χ4n) is 2.37. The van der Waals surface area contributed by atoms with E-state index in [1.165, 1.54) is 31.4 Å². The second-order valence-corrected chi connectivity index (χ2v) is 6.01. The highest BCUT2D eigenvalue weighted by Crippen LogP contribution is 2.37. The van der Waals surface area contributed by atoms with Gasteiger partial charge in [0.05, 0.1) is 0 Å². The van der Waals surface area contributed by atoms with E-state index in [1.807, 2.05) is 0 Å². The predicted molar refractivity (Wildman–Crippen MR) is 60.3 cm³/mol. The lowest BCUT2D eigenvalue weighted by Crippen LogP contribution is -2.35. The van der Waals surface area contributed by atoms with Crippen molar-refractivity contribution in [2.75, 3.05) is 5.75 Å². The monoisotopic (exact) mass is 199 g/mol. The summed E-state index contributed by atoms with van der Waals surface area (Å²) in [5.74, 6) is 2.38. The first kappa shape index (κ1) is 9.85. The van der Waals surface area contributed by atoms with Gasteiger partial charge in [0.2, 0.25) is 0 Å². The van der Waals surface area contributed by atoms with E-state index in [9.17, 15) is 0 Å². The maximum absolute atomic E-state index is 3.82. The average Bonchev–Trinajstić information content (AvgIpc) is 2.69. The van der Waals surface area contributed by atoms with Crippen LogP contribution in [-0.2, 0) is 0 Å². The topological polar surface area (TPSA) is 12.0 Å². The van der Waals surface area contributed by atoms with Crippen molar-refractivity contribution >= 4 is 11.8 Å². The molecule has 1 nitrogen and oxygen atoms in total. The molecule has 1 N–H and O–H groups in total. The third kappa shape index (κ3) is 2.41. The summed E-state index contributed by atoms with van der Waals surface area (Å²) in [5.41, 5.74) is 0. The minimum atomic E-state index is 0.817. The van der Waals surface area contributed by atoms with Crippen molar-refractivity contribution in [2.24, 2.45) is 5.92 Å². The van der Waals surface area contributed by atoms with Crippen LogP contribution < -0.4 is 5.32 Å². The first-order chi connectivity index (χ1) is 6.31. The van der Waals surface area contributed by atoms with Gasteiger partial charge in [-0.15, -0.1) is 0 Å². The molecule has 2 aliphatic rings. The Bertz CT molecular complexity index is 171. The highest BCUT2D eigenvalue weighted by atomic mass is 32.2. The van der Waals surface area contributed by atoms with Gasteiger partial charge in [-0.3, -0.25) is 0 Å². The SMILES string of the molecule is CCCC1CC1NC1CCSC1C. The largest absolute Gasteiger partial charge is 0.310 e. The van der Waals surface area contributed by atoms with Crippen LogP contribution in [0.3, 0.4) is 0 Å². The maximum Gasteiger partial charge on any atom is 0.0194 e. The van der Waals surface area contributed by atoms with Crippen LogP contribution in [0.1, 0.15) is 39.5 Å². The molecule has 4 unspecified atom stereocenters. The Morgan fingerprint density at radius 2 is 2.23 bits per heavy atom. The highest BCUT2D eigenvalue weighted by molar-refractivity contribution is 8.00. The molecular formula is C11H21NS. The molecule has 2 fully saturated rings. The van der Waals surface area contributed by atoms with Gasteiger partial charge in [-0.2, -0.15) is 11.8 Å². The molecule has 1 aliphatic carbocycles. The number of nitrogens with one attached hydrogen (secondary N) is 1. The molecule has 0 radical (unpaired) electrons. The minimum Gasteiger partial charge on any atom is -0.310 e. The first-order valence-electron chi connectivity index (χ1n) is 5.69. The van der Waals surface area contributed by atoms with Gasteiger partial charge in [-0.25, -0.2) is 0 Å². The third-order valence-electron chi connectivity index (χ3n) is 3.39. The molecule has 1 aliphatic heterocycles. The summed E-state index contributed by atoms with van der Waals surface area (Å²) in [4.78, 5) is 0. The van der Waals surface area contributed by atoms with Gasteiger partial charge in [-0.1, -0.05) is 20.3 Å². The zero-order chi connectivity index (χ0) is 9.26. The zero-order valence-electron chi connectivity index (χ0n) is 8.75. The number of hydrogen-bond acceptors (Lipinski definition) is 2. The molecule has 0 aromatic heterocycles. The molecule has 4 atom stereocenters. The summed E-state index contributed by atoms with van der Waals surface area (Å²) in [7, 11) is 0. The van der Waals surface area contributed by atoms with Crippen LogP contribution in [0.2, 0.25) is 0 Å². The Balaban J connectivity index is 1.68.